The Morgan fingerprint density at radius 1 is 1.28 bits per heavy atom. The maximum atomic E-state index is 5.00. The second-order valence-electron chi connectivity index (χ2n) is 4.17. The Labute approximate surface area is 112 Å². The molecule has 0 fully saturated rings. The van der Waals surface area contributed by atoms with E-state index in [0.29, 0.717) is 0 Å². The Bertz CT molecular complexity index is 437. The molecule has 2 aromatic rings. The minimum absolute atomic E-state index is 0.835. The van der Waals surface area contributed by atoms with Crippen LogP contribution in [0.25, 0.3) is 10.9 Å². The molecule has 2 rings (SSSR count). The molecule has 98 valence electrons. The lowest BCUT2D eigenvalue weighted by Gasteiger charge is -2.03. The monoisotopic (exact) mass is 264 g/mol. The highest BCUT2D eigenvalue weighted by Gasteiger charge is 1.99. The van der Waals surface area contributed by atoms with Crippen LogP contribution < -0.4 is 5.32 Å². The second-order valence-corrected chi connectivity index (χ2v) is 5.30. The molecule has 0 aliphatic carbocycles. The summed E-state index contributed by atoms with van der Waals surface area (Å²) < 4.78 is 5.00. The van der Waals surface area contributed by atoms with Crippen molar-refractivity contribution in [3.63, 3.8) is 0 Å². The molecule has 0 radical (unpaired) electrons. The summed E-state index contributed by atoms with van der Waals surface area (Å²) >= 11 is 1.86. The summed E-state index contributed by atoms with van der Waals surface area (Å²) in [5.41, 5.74) is 1.22. The fourth-order valence-corrected chi connectivity index (χ4v) is 2.68. The SMILES string of the molecule is COCCCNCCSc1cc2ccccc2[nH]1. The van der Waals surface area contributed by atoms with Crippen LogP contribution >= 0.6 is 11.8 Å². The van der Waals surface area contributed by atoms with E-state index in [9.17, 15) is 0 Å². The van der Waals surface area contributed by atoms with Gasteiger partial charge >= 0.3 is 0 Å². The van der Waals surface area contributed by atoms with Gasteiger partial charge in [-0.05, 0) is 25.1 Å². The van der Waals surface area contributed by atoms with Crippen LogP contribution in [0.5, 0.6) is 0 Å². The first-order chi connectivity index (χ1) is 8.90. The number of hydrogen-bond acceptors (Lipinski definition) is 3. The quantitative estimate of drug-likeness (QED) is 0.568. The van der Waals surface area contributed by atoms with Crippen LogP contribution in [0, 0.1) is 0 Å². The molecule has 0 atom stereocenters. The second kappa shape index (κ2) is 7.46. The van der Waals surface area contributed by atoms with Gasteiger partial charge in [-0.1, -0.05) is 18.2 Å². The van der Waals surface area contributed by atoms with Gasteiger partial charge in [-0.2, -0.15) is 0 Å². The van der Waals surface area contributed by atoms with Crippen LogP contribution in [-0.2, 0) is 4.74 Å². The van der Waals surface area contributed by atoms with E-state index in [2.05, 4.69) is 40.6 Å². The highest BCUT2D eigenvalue weighted by atomic mass is 32.2. The highest BCUT2D eigenvalue weighted by Crippen LogP contribution is 2.22. The van der Waals surface area contributed by atoms with Crippen molar-refractivity contribution in [1.29, 1.82) is 0 Å². The standard InChI is InChI=1S/C14H20N2OS/c1-17-9-4-7-15-8-10-18-14-11-12-5-2-3-6-13(12)16-14/h2-3,5-6,11,15-16H,4,7-10H2,1H3. The first kappa shape index (κ1) is 13.5. The number of methoxy groups -OCH3 is 1. The van der Waals surface area contributed by atoms with Crippen molar-refractivity contribution in [1.82, 2.24) is 10.3 Å². The van der Waals surface area contributed by atoms with E-state index >= 15 is 0 Å². The number of fused-ring (bicyclic) bond motifs is 1. The normalized spacial score (nSPS) is 11.2. The number of ether oxygens (including phenoxy) is 1. The largest absolute Gasteiger partial charge is 0.385 e. The number of aromatic amines is 1. The third-order valence-corrected chi connectivity index (χ3v) is 3.68. The molecule has 0 aliphatic rings. The average molecular weight is 264 g/mol. The molecule has 0 aliphatic heterocycles. The van der Waals surface area contributed by atoms with Gasteiger partial charge in [0.05, 0.1) is 5.03 Å². The summed E-state index contributed by atoms with van der Waals surface area (Å²) in [4.78, 5) is 3.42. The zero-order valence-corrected chi connectivity index (χ0v) is 11.6. The van der Waals surface area contributed by atoms with Crippen LogP contribution in [0.4, 0.5) is 0 Å². The molecule has 1 aromatic heterocycles. The van der Waals surface area contributed by atoms with Crippen molar-refractivity contribution in [2.45, 2.75) is 11.4 Å². The van der Waals surface area contributed by atoms with E-state index in [1.807, 2.05) is 11.8 Å². The first-order valence-corrected chi connectivity index (χ1v) is 7.29. The molecule has 18 heavy (non-hydrogen) atoms. The maximum Gasteiger partial charge on any atom is 0.0732 e. The van der Waals surface area contributed by atoms with E-state index in [0.717, 1.165) is 31.9 Å². The zero-order valence-electron chi connectivity index (χ0n) is 10.7. The molecule has 0 amide bonds. The smallest absolute Gasteiger partial charge is 0.0732 e. The molecule has 0 unspecified atom stereocenters. The molecule has 4 heteroatoms. The predicted molar refractivity (Wildman–Crippen MR) is 78.4 cm³/mol. The van der Waals surface area contributed by atoms with Gasteiger partial charge in [-0.15, -0.1) is 11.8 Å². The Kier molecular flexibility index (Phi) is 5.58. The molecule has 0 spiro atoms. The number of para-hydroxylation sites is 1. The summed E-state index contributed by atoms with van der Waals surface area (Å²) in [6.45, 7) is 2.90. The van der Waals surface area contributed by atoms with E-state index < -0.39 is 0 Å². The van der Waals surface area contributed by atoms with Gasteiger partial charge in [-0.3, -0.25) is 0 Å². The predicted octanol–water partition coefficient (Wildman–Crippen LogP) is 2.89. The van der Waals surface area contributed by atoms with E-state index in [1.165, 1.54) is 15.9 Å². The number of rotatable bonds is 8. The fraction of sp³-hybridized carbons (Fsp3) is 0.429. The molecule has 3 nitrogen and oxygen atoms in total. The topological polar surface area (TPSA) is 37.0 Å². The van der Waals surface area contributed by atoms with Gasteiger partial charge in [0.25, 0.3) is 0 Å². The summed E-state index contributed by atoms with van der Waals surface area (Å²) in [5.74, 6) is 1.08. The van der Waals surface area contributed by atoms with Gasteiger partial charge in [0.15, 0.2) is 0 Å². The van der Waals surface area contributed by atoms with Gasteiger partial charge < -0.3 is 15.0 Å². The van der Waals surface area contributed by atoms with Gasteiger partial charge in [0.1, 0.15) is 0 Å². The Morgan fingerprint density at radius 2 is 2.17 bits per heavy atom. The molecule has 1 aromatic carbocycles. The third-order valence-electron chi connectivity index (χ3n) is 2.74. The maximum absolute atomic E-state index is 5.00. The summed E-state index contributed by atoms with van der Waals surface area (Å²) in [7, 11) is 1.74. The molecular formula is C14H20N2OS. The van der Waals surface area contributed by atoms with Crippen molar-refractivity contribution in [2.75, 3.05) is 32.6 Å². The number of nitrogens with one attached hydrogen (secondary N) is 2. The van der Waals surface area contributed by atoms with Crippen molar-refractivity contribution in [3.05, 3.63) is 30.3 Å². The lowest BCUT2D eigenvalue weighted by atomic mass is 10.3. The van der Waals surface area contributed by atoms with Crippen LogP contribution in [0.1, 0.15) is 6.42 Å². The van der Waals surface area contributed by atoms with Gasteiger partial charge in [-0.25, -0.2) is 0 Å². The molecular weight excluding hydrogens is 244 g/mol. The van der Waals surface area contributed by atoms with Crippen LogP contribution in [0.3, 0.4) is 0 Å². The number of benzene rings is 1. The number of H-pyrrole nitrogens is 1. The number of aromatic nitrogens is 1. The Morgan fingerprint density at radius 3 is 3.00 bits per heavy atom. The lowest BCUT2D eigenvalue weighted by Crippen LogP contribution is -2.19. The fourth-order valence-electron chi connectivity index (χ4n) is 1.82. The highest BCUT2D eigenvalue weighted by molar-refractivity contribution is 7.99. The molecule has 0 saturated heterocycles. The van der Waals surface area contributed by atoms with Crippen molar-refractivity contribution in [2.24, 2.45) is 0 Å². The Hall–Kier alpha value is -0.970. The van der Waals surface area contributed by atoms with Crippen molar-refractivity contribution in [3.8, 4) is 0 Å². The minimum Gasteiger partial charge on any atom is -0.385 e. The molecule has 0 bridgehead atoms. The summed E-state index contributed by atoms with van der Waals surface area (Å²) in [6, 6.07) is 10.6. The lowest BCUT2D eigenvalue weighted by molar-refractivity contribution is 0.194. The number of hydrogen-bond donors (Lipinski definition) is 2. The third kappa shape index (κ3) is 4.05. The average Bonchev–Trinajstić information content (AvgIpc) is 2.80. The summed E-state index contributed by atoms with van der Waals surface area (Å²) in [5, 5.41) is 5.94. The van der Waals surface area contributed by atoms with Crippen molar-refractivity contribution >= 4 is 22.7 Å². The van der Waals surface area contributed by atoms with Crippen LogP contribution in [-0.4, -0.2) is 37.5 Å². The number of thioether (sulfide) groups is 1. The van der Waals surface area contributed by atoms with Crippen LogP contribution in [0.2, 0.25) is 0 Å². The van der Waals surface area contributed by atoms with E-state index in [4.69, 9.17) is 4.74 Å². The van der Waals surface area contributed by atoms with Gasteiger partial charge in [0, 0.05) is 36.9 Å². The van der Waals surface area contributed by atoms with E-state index in [1.54, 1.807) is 7.11 Å². The minimum atomic E-state index is 0.835. The molecule has 1 heterocycles. The summed E-state index contributed by atoms with van der Waals surface area (Å²) in [6.07, 6.45) is 1.08. The molecule has 2 N–H and O–H groups in total. The first-order valence-electron chi connectivity index (χ1n) is 6.30. The Balaban J connectivity index is 1.67. The van der Waals surface area contributed by atoms with Crippen molar-refractivity contribution < 1.29 is 4.74 Å². The molecule has 0 saturated carbocycles. The zero-order chi connectivity index (χ0) is 12.6. The van der Waals surface area contributed by atoms with Crippen LogP contribution in [0.15, 0.2) is 35.4 Å². The van der Waals surface area contributed by atoms with Gasteiger partial charge in [0.2, 0.25) is 0 Å². The van der Waals surface area contributed by atoms with E-state index in [-0.39, 0.29) is 0 Å².